The number of hydrogen-bond acceptors (Lipinski definition) is 4. The van der Waals surface area contributed by atoms with Gasteiger partial charge in [0.05, 0.1) is 11.5 Å². The van der Waals surface area contributed by atoms with Gasteiger partial charge in [0.25, 0.3) is 0 Å². The highest BCUT2D eigenvalue weighted by Crippen LogP contribution is 2.50. The van der Waals surface area contributed by atoms with Gasteiger partial charge in [-0.15, -0.1) is 11.8 Å². The van der Waals surface area contributed by atoms with Crippen molar-refractivity contribution in [3.8, 4) is 0 Å². The van der Waals surface area contributed by atoms with Crippen LogP contribution in [0.4, 0.5) is 0 Å². The van der Waals surface area contributed by atoms with Crippen LogP contribution in [0.5, 0.6) is 0 Å². The number of rotatable bonds is 3. The number of thioether (sulfide) groups is 1. The third kappa shape index (κ3) is 2.43. The zero-order valence-corrected chi connectivity index (χ0v) is 13.7. The van der Waals surface area contributed by atoms with Crippen molar-refractivity contribution in [2.45, 2.75) is 23.7 Å². The first kappa shape index (κ1) is 14.1. The summed E-state index contributed by atoms with van der Waals surface area (Å²) in [5, 5.41) is 3.40. The first-order chi connectivity index (χ1) is 10.1. The summed E-state index contributed by atoms with van der Waals surface area (Å²) in [6.07, 6.45) is 2.01. The molecule has 3 heterocycles. The Balaban J connectivity index is 1.56. The molecule has 0 saturated carbocycles. The van der Waals surface area contributed by atoms with Gasteiger partial charge in [0.1, 0.15) is 0 Å². The standard InChI is InChI=1S/C16H21NO2S2/c18-21(19)6-5-13(9-21)16(10-17-11-16)7-12-8-20-15-4-2-1-3-14(12)15/h1-4,12-13,17H,5-11H2. The number of nitrogens with one attached hydrogen (secondary N) is 1. The second-order valence-corrected chi connectivity index (χ2v) is 10.1. The van der Waals surface area contributed by atoms with Crippen molar-refractivity contribution in [1.29, 1.82) is 0 Å². The average molecular weight is 323 g/mol. The molecule has 1 aromatic rings. The molecule has 0 amide bonds. The van der Waals surface area contributed by atoms with Crippen molar-refractivity contribution in [3.63, 3.8) is 0 Å². The van der Waals surface area contributed by atoms with E-state index in [-0.39, 0.29) is 5.41 Å². The Morgan fingerprint density at radius 2 is 2.10 bits per heavy atom. The molecule has 2 fully saturated rings. The van der Waals surface area contributed by atoms with Crippen LogP contribution in [0.3, 0.4) is 0 Å². The van der Waals surface area contributed by atoms with E-state index in [0.717, 1.165) is 31.7 Å². The van der Waals surface area contributed by atoms with E-state index < -0.39 is 9.84 Å². The normalized spacial score (nSPS) is 32.6. The summed E-state index contributed by atoms with van der Waals surface area (Å²) in [5.41, 5.74) is 1.70. The summed E-state index contributed by atoms with van der Waals surface area (Å²) in [7, 11) is -2.78. The third-order valence-corrected chi connectivity index (χ3v) is 8.52. The molecule has 0 bridgehead atoms. The zero-order chi connectivity index (χ0) is 14.5. The molecular weight excluding hydrogens is 302 g/mol. The summed E-state index contributed by atoms with van der Waals surface area (Å²) in [5.74, 6) is 2.92. The van der Waals surface area contributed by atoms with E-state index in [1.54, 1.807) is 0 Å². The molecule has 4 rings (SSSR count). The Kier molecular flexibility index (Phi) is 3.36. The Labute approximate surface area is 130 Å². The van der Waals surface area contributed by atoms with Gasteiger partial charge in [-0.2, -0.15) is 0 Å². The van der Waals surface area contributed by atoms with E-state index in [2.05, 4.69) is 29.6 Å². The Morgan fingerprint density at radius 3 is 2.76 bits per heavy atom. The summed E-state index contributed by atoms with van der Waals surface area (Å²) < 4.78 is 23.7. The largest absolute Gasteiger partial charge is 0.316 e. The fraction of sp³-hybridized carbons (Fsp3) is 0.625. The molecule has 5 heteroatoms. The number of hydrogen-bond donors (Lipinski definition) is 1. The van der Waals surface area contributed by atoms with Crippen LogP contribution in [-0.4, -0.2) is 38.8 Å². The summed E-state index contributed by atoms with van der Waals surface area (Å²) in [4.78, 5) is 1.42. The van der Waals surface area contributed by atoms with Crippen molar-refractivity contribution in [1.82, 2.24) is 5.32 Å². The topological polar surface area (TPSA) is 46.2 Å². The van der Waals surface area contributed by atoms with Crippen molar-refractivity contribution in [2.75, 3.05) is 30.3 Å². The molecule has 0 spiro atoms. The molecular formula is C16H21NO2S2. The maximum atomic E-state index is 11.8. The SMILES string of the molecule is O=S1(=O)CCC(C2(CC3CSc4ccccc43)CNC2)C1. The van der Waals surface area contributed by atoms with Gasteiger partial charge in [-0.1, -0.05) is 18.2 Å². The van der Waals surface area contributed by atoms with E-state index in [1.807, 2.05) is 11.8 Å². The van der Waals surface area contributed by atoms with Gasteiger partial charge in [0, 0.05) is 23.7 Å². The maximum absolute atomic E-state index is 11.8. The number of benzene rings is 1. The molecule has 3 aliphatic rings. The van der Waals surface area contributed by atoms with E-state index in [1.165, 1.54) is 10.5 Å². The Bertz CT molecular complexity index is 652. The van der Waals surface area contributed by atoms with Crippen LogP contribution in [0.2, 0.25) is 0 Å². The predicted molar refractivity (Wildman–Crippen MR) is 86.6 cm³/mol. The molecule has 1 aromatic carbocycles. The highest BCUT2D eigenvalue weighted by molar-refractivity contribution is 7.99. The van der Waals surface area contributed by atoms with E-state index in [4.69, 9.17) is 0 Å². The minimum absolute atomic E-state index is 0.215. The van der Waals surface area contributed by atoms with Crippen LogP contribution in [0, 0.1) is 11.3 Å². The van der Waals surface area contributed by atoms with Gasteiger partial charge in [-0.25, -0.2) is 8.42 Å². The molecule has 3 nitrogen and oxygen atoms in total. The highest BCUT2D eigenvalue weighted by Gasteiger charge is 2.49. The van der Waals surface area contributed by atoms with Gasteiger partial charge in [0.15, 0.2) is 9.84 Å². The third-order valence-electron chi connectivity index (χ3n) is 5.50. The zero-order valence-electron chi connectivity index (χ0n) is 12.0. The molecule has 2 unspecified atom stereocenters. The summed E-state index contributed by atoms with van der Waals surface area (Å²) in [6.45, 7) is 1.99. The van der Waals surface area contributed by atoms with Crippen LogP contribution >= 0.6 is 11.8 Å². The minimum atomic E-state index is -2.78. The highest BCUT2D eigenvalue weighted by atomic mass is 32.2. The molecule has 0 aliphatic carbocycles. The predicted octanol–water partition coefficient (Wildman–Crippen LogP) is 2.29. The molecule has 21 heavy (non-hydrogen) atoms. The molecule has 114 valence electrons. The fourth-order valence-electron chi connectivity index (χ4n) is 4.21. The summed E-state index contributed by atoms with van der Waals surface area (Å²) >= 11 is 1.95. The summed E-state index contributed by atoms with van der Waals surface area (Å²) in [6, 6.07) is 8.71. The molecule has 1 N–H and O–H groups in total. The van der Waals surface area contributed by atoms with Crippen molar-refractivity contribution in [3.05, 3.63) is 29.8 Å². The van der Waals surface area contributed by atoms with E-state index >= 15 is 0 Å². The lowest BCUT2D eigenvalue weighted by molar-refractivity contribution is 0.0738. The van der Waals surface area contributed by atoms with Gasteiger partial charge in [-0.05, 0) is 41.7 Å². The van der Waals surface area contributed by atoms with E-state index in [0.29, 0.717) is 23.3 Å². The Morgan fingerprint density at radius 1 is 1.29 bits per heavy atom. The minimum Gasteiger partial charge on any atom is -0.316 e. The molecule has 2 atom stereocenters. The maximum Gasteiger partial charge on any atom is 0.150 e. The first-order valence-electron chi connectivity index (χ1n) is 7.71. The first-order valence-corrected chi connectivity index (χ1v) is 10.5. The lowest BCUT2D eigenvalue weighted by Crippen LogP contribution is -2.58. The van der Waals surface area contributed by atoms with Crippen molar-refractivity contribution < 1.29 is 8.42 Å². The molecule has 0 radical (unpaired) electrons. The van der Waals surface area contributed by atoms with E-state index in [9.17, 15) is 8.42 Å². The lowest BCUT2D eigenvalue weighted by Gasteiger charge is -2.48. The fourth-order valence-corrected chi connectivity index (χ4v) is 7.41. The smallest absolute Gasteiger partial charge is 0.150 e. The number of sulfone groups is 1. The number of fused-ring (bicyclic) bond motifs is 1. The second-order valence-electron chi connectivity index (χ2n) is 6.82. The van der Waals surface area contributed by atoms with Gasteiger partial charge in [0.2, 0.25) is 0 Å². The van der Waals surface area contributed by atoms with Gasteiger partial charge >= 0.3 is 0 Å². The van der Waals surface area contributed by atoms with Crippen LogP contribution in [0.1, 0.15) is 24.3 Å². The van der Waals surface area contributed by atoms with Gasteiger partial charge in [-0.3, -0.25) is 0 Å². The van der Waals surface area contributed by atoms with Gasteiger partial charge < -0.3 is 5.32 Å². The van der Waals surface area contributed by atoms with Crippen molar-refractivity contribution in [2.24, 2.45) is 11.3 Å². The van der Waals surface area contributed by atoms with Crippen LogP contribution in [-0.2, 0) is 9.84 Å². The molecule has 2 saturated heterocycles. The molecule has 0 aromatic heterocycles. The molecule has 3 aliphatic heterocycles. The van der Waals surface area contributed by atoms with Crippen LogP contribution in [0.15, 0.2) is 29.2 Å². The lowest BCUT2D eigenvalue weighted by atomic mass is 9.65. The monoisotopic (exact) mass is 323 g/mol. The second kappa shape index (κ2) is 5.00. The Hall–Kier alpha value is -0.520. The van der Waals surface area contributed by atoms with Crippen molar-refractivity contribution >= 4 is 21.6 Å². The average Bonchev–Trinajstić information content (AvgIpc) is 2.98. The van der Waals surface area contributed by atoms with Crippen LogP contribution in [0.25, 0.3) is 0 Å². The quantitative estimate of drug-likeness (QED) is 0.927. The van der Waals surface area contributed by atoms with Crippen LogP contribution < -0.4 is 5.32 Å².